The Morgan fingerprint density at radius 3 is 2.71 bits per heavy atom. The van der Waals surface area contributed by atoms with Crippen molar-refractivity contribution in [2.24, 2.45) is 0 Å². The maximum Gasteiger partial charge on any atom is 0.274 e. The van der Waals surface area contributed by atoms with Crippen molar-refractivity contribution in [1.29, 1.82) is 0 Å². The van der Waals surface area contributed by atoms with E-state index in [9.17, 15) is 9.18 Å². The highest BCUT2D eigenvalue weighted by Crippen LogP contribution is 2.33. The molecule has 3 aromatic rings. The first kappa shape index (κ1) is 18.2. The lowest BCUT2D eigenvalue weighted by atomic mass is 10.0. The summed E-state index contributed by atoms with van der Waals surface area (Å²) >= 11 is 0. The molecule has 1 atom stereocenters. The van der Waals surface area contributed by atoms with Gasteiger partial charge in [0.25, 0.3) is 5.91 Å². The van der Waals surface area contributed by atoms with Crippen LogP contribution in [0.5, 0.6) is 5.75 Å². The number of methoxy groups -OCH3 is 1. The van der Waals surface area contributed by atoms with Gasteiger partial charge in [0.1, 0.15) is 17.3 Å². The molecular formula is C22H22FN3O2. The fourth-order valence-electron chi connectivity index (χ4n) is 3.74. The molecule has 1 saturated heterocycles. The molecule has 0 bridgehead atoms. The van der Waals surface area contributed by atoms with E-state index in [1.165, 1.54) is 12.1 Å². The molecular weight excluding hydrogens is 357 g/mol. The number of likely N-dealkylation sites (tertiary alicyclic amines) is 1. The topological polar surface area (TPSA) is 47.4 Å². The predicted octanol–water partition coefficient (Wildman–Crippen LogP) is 4.31. The van der Waals surface area contributed by atoms with Gasteiger partial charge in [-0.3, -0.25) is 4.79 Å². The van der Waals surface area contributed by atoms with Crippen LogP contribution in [0.25, 0.3) is 5.69 Å². The van der Waals surface area contributed by atoms with Gasteiger partial charge >= 0.3 is 0 Å². The van der Waals surface area contributed by atoms with E-state index in [2.05, 4.69) is 5.10 Å². The Kier molecular flexibility index (Phi) is 4.86. The minimum atomic E-state index is -0.273. The Labute approximate surface area is 163 Å². The third-order valence-electron chi connectivity index (χ3n) is 5.16. The van der Waals surface area contributed by atoms with Crippen LogP contribution < -0.4 is 4.74 Å². The number of rotatable bonds is 4. The summed E-state index contributed by atoms with van der Waals surface area (Å²) in [5.74, 6) is 0.306. The van der Waals surface area contributed by atoms with Crippen LogP contribution in [0.4, 0.5) is 4.39 Å². The summed E-state index contributed by atoms with van der Waals surface area (Å²) in [5.41, 5.74) is 3.21. The molecule has 0 radical (unpaired) electrons. The van der Waals surface area contributed by atoms with E-state index in [0.717, 1.165) is 29.7 Å². The number of aromatic nitrogens is 2. The highest BCUT2D eigenvalue weighted by molar-refractivity contribution is 5.92. The summed E-state index contributed by atoms with van der Waals surface area (Å²) in [6, 6.07) is 13.9. The van der Waals surface area contributed by atoms with Gasteiger partial charge in [0.15, 0.2) is 5.69 Å². The molecule has 144 valence electrons. The molecule has 4 rings (SSSR count). The molecule has 5 nitrogen and oxygen atoms in total. The van der Waals surface area contributed by atoms with Gasteiger partial charge in [0.05, 0.1) is 13.2 Å². The smallest absolute Gasteiger partial charge is 0.274 e. The van der Waals surface area contributed by atoms with Gasteiger partial charge in [-0.05, 0) is 61.2 Å². The molecule has 2 aromatic carbocycles. The predicted molar refractivity (Wildman–Crippen MR) is 104 cm³/mol. The van der Waals surface area contributed by atoms with Crippen LogP contribution in [0.1, 0.15) is 40.5 Å². The normalized spacial score (nSPS) is 16.4. The molecule has 1 aliphatic rings. The van der Waals surface area contributed by atoms with Crippen molar-refractivity contribution in [3.05, 3.63) is 77.4 Å². The van der Waals surface area contributed by atoms with E-state index in [1.54, 1.807) is 36.2 Å². The van der Waals surface area contributed by atoms with Crippen molar-refractivity contribution >= 4 is 5.91 Å². The van der Waals surface area contributed by atoms with Crippen LogP contribution in [-0.4, -0.2) is 34.2 Å². The van der Waals surface area contributed by atoms with Gasteiger partial charge in [-0.2, -0.15) is 5.10 Å². The average Bonchev–Trinajstić information content (AvgIpc) is 3.38. The second kappa shape index (κ2) is 7.46. The number of carbonyl (C=O) groups excluding carboxylic acids is 1. The second-order valence-electron chi connectivity index (χ2n) is 7.03. The monoisotopic (exact) mass is 379 g/mol. The highest BCUT2D eigenvalue weighted by Gasteiger charge is 2.31. The number of carbonyl (C=O) groups is 1. The van der Waals surface area contributed by atoms with Crippen LogP contribution in [0, 0.1) is 12.7 Å². The Morgan fingerprint density at radius 2 is 1.96 bits per heavy atom. The SMILES string of the molecule is COc1ccc(C)cc1-n1ccc(C(=O)N2CCCC2c2ccc(F)cc2)n1. The highest BCUT2D eigenvalue weighted by atomic mass is 19.1. The van der Waals surface area contributed by atoms with Crippen molar-refractivity contribution in [3.8, 4) is 11.4 Å². The number of ether oxygens (including phenoxy) is 1. The molecule has 28 heavy (non-hydrogen) atoms. The lowest BCUT2D eigenvalue weighted by molar-refractivity contribution is 0.0729. The number of nitrogens with zero attached hydrogens (tertiary/aromatic N) is 3. The van der Waals surface area contributed by atoms with Gasteiger partial charge in [-0.1, -0.05) is 18.2 Å². The van der Waals surface area contributed by atoms with Crippen molar-refractivity contribution in [2.45, 2.75) is 25.8 Å². The zero-order valence-corrected chi connectivity index (χ0v) is 15.9. The lowest BCUT2D eigenvalue weighted by Crippen LogP contribution is -2.31. The Balaban J connectivity index is 1.61. The first-order valence-corrected chi connectivity index (χ1v) is 9.34. The van der Waals surface area contributed by atoms with Crippen molar-refractivity contribution in [3.63, 3.8) is 0 Å². The van der Waals surface area contributed by atoms with E-state index in [-0.39, 0.29) is 17.8 Å². The fraction of sp³-hybridized carbons (Fsp3) is 0.273. The summed E-state index contributed by atoms with van der Waals surface area (Å²) in [6.45, 7) is 2.66. The van der Waals surface area contributed by atoms with E-state index in [0.29, 0.717) is 18.0 Å². The van der Waals surface area contributed by atoms with Crippen LogP contribution in [0.15, 0.2) is 54.7 Å². The maximum atomic E-state index is 13.2. The summed E-state index contributed by atoms with van der Waals surface area (Å²) in [4.78, 5) is 14.9. The molecule has 1 amide bonds. The summed E-state index contributed by atoms with van der Waals surface area (Å²) < 4.78 is 20.3. The van der Waals surface area contributed by atoms with E-state index in [1.807, 2.05) is 30.0 Å². The quantitative estimate of drug-likeness (QED) is 0.679. The number of halogens is 1. The first-order valence-electron chi connectivity index (χ1n) is 9.34. The molecule has 0 aliphatic carbocycles. The van der Waals surface area contributed by atoms with E-state index >= 15 is 0 Å². The molecule has 2 heterocycles. The first-order chi connectivity index (χ1) is 13.6. The number of hydrogen-bond donors (Lipinski definition) is 0. The van der Waals surface area contributed by atoms with Gasteiger partial charge in [0, 0.05) is 12.7 Å². The van der Waals surface area contributed by atoms with E-state index < -0.39 is 0 Å². The molecule has 6 heteroatoms. The van der Waals surface area contributed by atoms with Gasteiger partial charge in [-0.15, -0.1) is 0 Å². The zero-order valence-electron chi connectivity index (χ0n) is 15.9. The van der Waals surface area contributed by atoms with E-state index in [4.69, 9.17) is 4.74 Å². The molecule has 0 spiro atoms. The number of amides is 1. The van der Waals surface area contributed by atoms with Crippen molar-refractivity contribution in [2.75, 3.05) is 13.7 Å². The standard InChI is InChI=1S/C22H22FN3O2/c1-15-5-10-21(28-2)20(14-15)26-13-11-18(24-26)22(27)25-12-3-4-19(25)16-6-8-17(23)9-7-16/h5-11,13-14,19H,3-4,12H2,1-2H3. The number of aryl methyl sites for hydroxylation is 1. The third-order valence-corrected chi connectivity index (χ3v) is 5.16. The number of hydrogen-bond acceptors (Lipinski definition) is 3. The van der Waals surface area contributed by atoms with Crippen molar-refractivity contribution < 1.29 is 13.9 Å². The second-order valence-corrected chi connectivity index (χ2v) is 7.03. The minimum absolute atomic E-state index is 0.0493. The molecule has 1 aromatic heterocycles. The third kappa shape index (κ3) is 3.38. The Morgan fingerprint density at radius 1 is 1.18 bits per heavy atom. The van der Waals surface area contributed by atoms with Crippen LogP contribution >= 0.6 is 0 Å². The van der Waals surface area contributed by atoms with Crippen molar-refractivity contribution in [1.82, 2.24) is 14.7 Å². The maximum absolute atomic E-state index is 13.2. The largest absolute Gasteiger partial charge is 0.494 e. The van der Waals surface area contributed by atoms with Crippen LogP contribution in [0.3, 0.4) is 0 Å². The number of benzene rings is 2. The van der Waals surface area contributed by atoms with Gasteiger partial charge < -0.3 is 9.64 Å². The van der Waals surface area contributed by atoms with Crippen LogP contribution in [0.2, 0.25) is 0 Å². The summed E-state index contributed by atoms with van der Waals surface area (Å²) in [6.07, 6.45) is 3.55. The molecule has 1 aliphatic heterocycles. The Hall–Kier alpha value is -3.15. The molecule has 1 unspecified atom stereocenters. The fourth-order valence-corrected chi connectivity index (χ4v) is 3.74. The average molecular weight is 379 g/mol. The van der Waals surface area contributed by atoms with Gasteiger partial charge in [-0.25, -0.2) is 9.07 Å². The zero-order chi connectivity index (χ0) is 19.7. The molecule has 0 N–H and O–H groups in total. The van der Waals surface area contributed by atoms with Gasteiger partial charge in [0.2, 0.25) is 0 Å². The minimum Gasteiger partial charge on any atom is -0.494 e. The Bertz CT molecular complexity index is 997. The molecule has 1 fully saturated rings. The summed E-state index contributed by atoms with van der Waals surface area (Å²) in [5, 5.41) is 4.50. The lowest BCUT2D eigenvalue weighted by Gasteiger charge is -2.24. The van der Waals surface area contributed by atoms with Crippen LogP contribution in [-0.2, 0) is 0 Å². The summed E-state index contributed by atoms with van der Waals surface area (Å²) in [7, 11) is 1.61. The molecule has 0 saturated carbocycles.